The Morgan fingerprint density at radius 3 is 2.21 bits per heavy atom. The average Bonchev–Trinajstić information content (AvgIpc) is 2.96. The summed E-state index contributed by atoms with van der Waals surface area (Å²) in [7, 11) is -3.04. The number of halogens is 3. The highest BCUT2D eigenvalue weighted by atomic mass is 32.2. The fourth-order valence-electron chi connectivity index (χ4n) is 4.21. The number of aryl methyl sites for hydroxylation is 1. The molecule has 0 aliphatic rings. The molecule has 3 aromatic rings. The lowest BCUT2D eigenvalue weighted by atomic mass is 10.1. The van der Waals surface area contributed by atoms with Crippen molar-refractivity contribution in [3.05, 3.63) is 89.5 Å². The number of rotatable bonds is 12. The molecular weight excluding hydrogens is 583 g/mol. The predicted octanol–water partition coefficient (Wildman–Crippen LogP) is 5.41. The Bertz CT molecular complexity index is 1530. The Balaban J connectivity index is 2.08. The number of ether oxygens (including phenoxy) is 1. The van der Waals surface area contributed by atoms with Gasteiger partial charge in [-0.05, 0) is 67.8 Å². The van der Waals surface area contributed by atoms with Crippen molar-refractivity contribution in [2.24, 2.45) is 5.92 Å². The molecule has 3 rings (SSSR count). The number of benzene rings is 3. The molecule has 0 saturated heterocycles. The van der Waals surface area contributed by atoms with Crippen molar-refractivity contribution in [3.8, 4) is 5.75 Å². The molecule has 3 aromatic carbocycles. The molecule has 1 N–H and O–H groups in total. The Kier molecular flexibility index (Phi) is 10.8. The first-order valence-corrected chi connectivity index (χ1v) is 15.0. The van der Waals surface area contributed by atoms with E-state index < -0.39 is 46.2 Å². The lowest BCUT2D eigenvalue weighted by Crippen LogP contribution is -2.51. The molecule has 43 heavy (non-hydrogen) atoms. The van der Waals surface area contributed by atoms with Crippen LogP contribution in [0.25, 0.3) is 0 Å². The fourth-order valence-corrected chi connectivity index (χ4v) is 5.61. The number of alkyl halides is 3. The predicted molar refractivity (Wildman–Crippen MR) is 158 cm³/mol. The van der Waals surface area contributed by atoms with Gasteiger partial charge in [0.15, 0.2) is 0 Å². The van der Waals surface area contributed by atoms with Crippen LogP contribution in [0.15, 0.2) is 77.7 Å². The van der Waals surface area contributed by atoms with E-state index in [1.807, 2.05) is 13.8 Å². The fraction of sp³-hybridized carbons (Fsp3) is 0.355. The lowest BCUT2D eigenvalue weighted by Gasteiger charge is -2.32. The van der Waals surface area contributed by atoms with Gasteiger partial charge in [-0.15, -0.1) is 0 Å². The summed E-state index contributed by atoms with van der Waals surface area (Å²) in [5, 5.41) is 2.78. The van der Waals surface area contributed by atoms with Gasteiger partial charge in [0.25, 0.3) is 10.0 Å². The van der Waals surface area contributed by atoms with Crippen LogP contribution in [0, 0.1) is 12.8 Å². The number of methoxy groups -OCH3 is 1. The molecule has 0 spiro atoms. The summed E-state index contributed by atoms with van der Waals surface area (Å²) >= 11 is 0. The monoisotopic (exact) mass is 619 g/mol. The summed E-state index contributed by atoms with van der Waals surface area (Å²) in [5.74, 6) is -0.607. The van der Waals surface area contributed by atoms with Gasteiger partial charge >= 0.3 is 6.18 Å². The van der Waals surface area contributed by atoms with Crippen LogP contribution < -0.4 is 14.4 Å². The first-order chi connectivity index (χ1) is 20.1. The SMILES string of the molecule is COc1cccc(CN(C(=O)CN(c2cccc(C(F)(F)F)c2)S(=O)(=O)c2ccc(C)cc2)[C@@H](C)C(=O)NCC(C)C)c1. The van der Waals surface area contributed by atoms with Gasteiger partial charge in [0.2, 0.25) is 11.8 Å². The largest absolute Gasteiger partial charge is 0.497 e. The van der Waals surface area contributed by atoms with Crippen LogP contribution in [0.2, 0.25) is 0 Å². The van der Waals surface area contributed by atoms with E-state index in [2.05, 4.69) is 5.32 Å². The summed E-state index contributed by atoms with van der Waals surface area (Å²) in [6.45, 7) is 6.49. The van der Waals surface area contributed by atoms with Crippen molar-refractivity contribution in [1.82, 2.24) is 10.2 Å². The van der Waals surface area contributed by atoms with E-state index in [9.17, 15) is 31.2 Å². The van der Waals surface area contributed by atoms with E-state index in [-0.39, 0.29) is 23.0 Å². The molecular formula is C31H36F3N3O5S. The minimum absolute atomic E-state index is 0.0900. The Labute approximate surface area is 250 Å². The third kappa shape index (κ3) is 8.73. The van der Waals surface area contributed by atoms with Crippen molar-refractivity contribution in [2.45, 2.75) is 51.4 Å². The summed E-state index contributed by atoms with van der Waals surface area (Å²) in [6.07, 6.45) is -4.75. The topological polar surface area (TPSA) is 96.0 Å². The van der Waals surface area contributed by atoms with Crippen molar-refractivity contribution in [3.63, 3.8) is 0 Å². The molecule has 0 bridgehead atoms. The number of carbonyl (C=O) groups is 2. The van der Waals surface area contributed by atoms with Crippen LogP contribution in [-0.4, -0.2) is 51.4 Å². The second kappa shape index (κ2) is 13.9. The Morgan fingerprint density at radius 1 is 0.953 bits per heavy atom. The van der Waals surface area contributed by atoms with Crippen LogP contribution in [0.3, 0.4) is 0 Å². The van der Waals surface area contributed by atoms with E-state index in [0.717, 1.165) is 17.7 Å². The van der Waals surface area contributed by atoms with E-state index >= 15 is 0 Å². The standard InChI is InChI=1S/C31H36F3N3O5S/c1-21(2)18-35-30(39)23(4)36(19-24-8-6-11-27(16-24)42-5)29(38)20-37(26-10-7-9-25(17-26)31(32,33)34)43(40,41)28-14-12-22(3)13-15-28/h6-17,21,23H,18-20H2,1-5H3,(H,35,39)/t23-/m0/s1. The maximum Gasteiger partial charge on any atom is 0.416 e. The van der Waals surface area contributed by atoms with Gasteiger partial charge in [-0.1, -0.05) is 49.7 Å². The molecule has 1 atom stereocenters. The number of hydrogen-bond donors (Lipinski definition) is 1. The molecule has 0 aliphatic carbocycles. The van der Waals surface area contributed by atoms with E-state index in [1.165, 1.54) is 37.1 Å². The van der Waals surface area contributed by atoms with Gasteiger partial charge < -0.3 is 15.0 Å². The zero-order chi connectivity index (χ0) is 31.9. The molecule has 0 unspecified atom stereocenters. The lowest BCUT2D eigenvalue weighted by molar-refractivity contribution is -0.139. The van der Waals surface area contributed by atoms with Gasteiger partial charge in [-0.2, -0.15) is 13.2 Å². The second-order valence-corrected chi connectivity index (χ2v) is 12.4. The number of amides is 2. The molecule has 0 saturated carbocycles. The molecule has 0 aliphatic heterocycles. The number of nitrogens with zero attached hydrogens (tertiary/aromatic N) is 2. The second-order valence-electron chi connectivity index (χ2n) is 10.6. The Morgan fingerprint density at radius 2 is 1.60 bits per heavy atom. The van der Waals surface area contributed by atoms with Crippen LogP contribution >= 0.6 is 0 Å². The minimum Gasteiger partial charge on any atom is -0.497 e. The normalized spacial score (nSPS) is 12.5. The molecule has 0 heterocycles. The van der Waals surface area contributed by atoms with Crippen LogP contribution in [0.5, 0.6) is 5.75 Å². The van der Waals surface area contributed by atoms with E-state index in [1.54, 1.807) is 43.3 Å². The number of sulfonamides is 1. The van der Waals surface area contributed by atoms with Crippen LogP contribution in [0.4, 0.5) is 18.9 Å². The molecule has 0 aromatic heterocycles. The van der Waals surface area contributed by atoms with Crippen molar-refractivity contribution < 1.29 is 35.9 Å². The van der Waals surface area contributed by atoms with Crippen molar-refractivity contribution in [2.75, 3.05) is 24.5 Å². The Hall–Kier alpha value is -4.06. The number of hydrogen-bond acceptors (Lipinski definition) is 5. The molecule has 0 radical (unpaired) electrons. The molecule has 12 heteroatoms. The zero-order valence-electron chi connectivity index (χ0n) is 24.7. The van der Waals surface area contributed by atoms with E-state index in [4.69, 9.17) is 4.74 Å². The summed E-state index contributed by atoms with van der Waals surface area (Å²) in [4.78, 5) is 28.1. The van der Waals surface area contributed by atoms with Crippen molar-refractivity contribution >= 4 is 27.5 Å². The summed E-state index contributed by atoms with van der Waals surface area (Å²) in [5.41, 5.74) is -0.0484. The maximum absolute atomic E-state index is 14.0. The minimum atomic E-state index is -4.75. The zero-order valence-corrected chi connectivity index (χ0v) is 25.5. The van der Waals surface area contributed by atoms with Crippen LogP contribution in [0.1, 0.15) is 37.5 Å². The first-order valence-electron chi connectivity index (χ1n) is 13.6. The van der Waals surface area contributed by atoms with Gasteiger partial charge in [-0.3, -0.25) is 13.9 Å². The molecule has 0 fully saturated rings. The quantitative estimate of drug-likeness (QED) is 0.293. The van der Waals surface area contributed by atoms with Crippen molar-refractivity contribution in [1.29, 1.82) is 0 Å². The van der Waals surface area contributed by atoms with Gasteiger partial charge in [0.05, 0.1) is 23.3 Å². The third-order valence-electron chi connectivity index (χ3n) is 6.69. The van der Waals surface area contributed by atoms with Gasteiger partial charge in [-0.25, -0.2) is 8.42 Å². The number of carbonyl (C=O) groups excluding carboxylic acids is 2. The molecule has 2 amide bonds. The van der Waals surface area contributed by atoms with Crippen LogP contribution in [-0.2, 0) is 32.3 Å². The highest BCUT2D eigenvalue weighted by Gasteiger charge is 2.35. The number of nitrogens with one attached hydrogen (secondary N) is 1. The number of anilines is 1. The molecule has 232 valence electrons. The van der Waals surface area contributed by atoms with E-state index in [0.29, 0.717) is 28.2 Å². The van der Waals surface area contributed by atoms with Gasteiger partial charge in [0.1, 0.15) is 18.3 Å². The smallest absolute Gasteiger partial charge is 0.416 e. The maximum atomic E-state index is 14.0. The van der Waals surface area contributed by atoms with Gasteiger partial charge in [0, 0.05) is 13.1 Å². The summed E-state index contributed by atoms with van der Waals surface area (Å²) in [6, 6.07) is 15.3. The average molecular weight is 620 g/mol. The summed E-state index contributed by atoms with van der Waals surface area (Å²) < 4.78 is 74.5. The first kappa shape index (κ1) is 33.4. The highest BCUT2D eigenvalue weighted by Crippen LogP contribution is 2.33. The third-order valence-corrected chi connectivity index (χ3v) is 8.48. The highest BCUT2D eigenvalue weighted by molar-refractivity contribution is 7.92. The molecule has 8 nitrogen and oxygen atoms in total.